The average molecular weight is 971 g/mol. The molecule has 0 spiro atoms. The second-order valence-corrected chi connectivity index (χ2v) is 21.0. The van der Waals surface area contributed by atoms with Crippen molar-refractivity contribution < 1.29 is 24.5 Å². The molecule has 2 unspecified atom stereocenters. The molecule has 0 aromatic rings. The first-order valence-corrected chi connectivity index (χ1v) is 30.7. The summed E-state index contributed by atoms with van der Waals surface area (Å²) in [6.07, 6.45) is 73.0. The lowest BCUT2D eigenvalue weighted by atomic mass is 10.0. The van der Waals surface area contributed by atoms with Crippen molar-refractivity contribution in [2.24, 2.45) is 0 Å². The number of aliphatic hydroxyl groups is 2. The third-order valence-corrected chi connectivity index (χ3v) is 14.2. The molecule has 0 heterocycles. The molecule has 0 aliphatic carbocycles. The lowest BCUT2D eigenvalue weighted by Crippen LogP contribution is -2.45. The van der Waals surface area contributed by atoms with E-state index in [1.54, 1.807) is 0 Å². The quantitative estimate of drug-likeness (QED) is 0.0321. The van der Waals surface area contributed by atoms with E-state index in [0.29, 0.717) is 25.9 Å². The Bertz CT molecular complexity index is 1120. The second-order valence-electron chi connectivity index (χ2n) is 21.0. The largest absolute Gasteiger partial charge is 0.466 e. The maximum absolute atomic E-state index is 12.4. The highest BCUT2D eigenvalue weighted by Gasteiger charge is 2.20. The number of amides is 1. The summed E-state index contributed by atoms with van der Waals surface area (Å²) in [4.78, 5) is 24.5. The minimum Gasteiger partial charge on any atom is -0.466 e. The SMILES string of the molecule is CCCCCC/C=C\C/C=C\CCCCCCCCCC(=O)OCCCCCCCCCCCCCC/C=C\CCCCCCCCCC(=O)NC(CO)C(O)CCCCCCCCCCCCC. The summed E-state index contributed by atoms with van der Waals surface area (Å²) in [5.41, 5.74) is 0. The number of allylic oxidation sites excluding steroid dienone is 6. The van der Waals surface area contributed by atoms with E-state index >= 15 is 0 Å². The molecule has 69 heavy (non-hydrogen) atoms. The Balaban J connectivity index is 3.39. The third-order valence-electron chi connectivity index (χ3n) is 14.2. The number of carbonyl (C=O) groups is 2. The molecular weight excluding hydrogens is 851 g/mol. The Morgan fingerprint density at radius 1 is 0.406 bits per heavy atom. The van der Waals surface area contributed by atoms with E-state index in [1.807, 2.05) is 0 Å². The molecule has 406 valence electrons. The van der Waals surface area contributed by atoms with Gasteiger partial charge in [0.05, 0.1) is 25.4 Å². The van der Waals surface area contributed by atoms with E-state index in [9.17, 15) is 19.8 Å². The number of carbonyl (C=O) groups excluding carboxylic acids is 2. The molecule has 3 N–H and O–H groups in total. The summed E-state index contributed by atoms with van der Waals surface area (Å²) in [5, 5.41) is 23.2. The molecule has 0 aliphatic rings. The van der Waals surface area contributed by atoms with Crippen LogP contribution in [0.25, 0.3) is 0 Å². The molecule has 0 fully saturated rings. The van der Waals surface area contributed by atoms with Crippen LogP contribution in [0, 0.1) is 0 Å². The molecule has 1 amide bonds. The monoisotopic (exact) mass is 970 g/mol. The lowest BCUT2D eigenvalue weighted by Gasteiger charge is -2.22. The van der Waals surface area contributed by atoms with E-state index < -0.39 is 12.1 Å². The lowest BCUT2D eigenvalue weighted by molar-refractivity contribution is -0.143. The van der Waals surface area contributed by atoms with Gasteiger partial charge in [0.2, 0.25) is 5.91 Å². The van der Waals surface area contributed by atoms with Crippen LogP contribution in [-0.4, -0.2) is 47.4 Å². The smallest absolute Gasteiger partial charge is 0.305 e. The number of hydrogen-bond acceptors (Lipinski definition) is 5. The number of hydrogen-bond donors (Lipinski definition) is 3. The maximum atomic E-state index is 12.4. The fourth-order valence-electron chi connectivity index (χ4n) is 9.43. The van der Waals surface area contributed by atoms with Crippen LogP contribution in [0.1, 0.15) is 328 Å². The number of unbranched alkanes of at least 4 members (excludes halogenated alkanes) is 40. The summed E-state index contributed by atoms with van der Waals surface area (Å²) in [6, 6.07) is -0.545. The maximum Gasteiger partial charge on any atom is 0.305 e. The van der Waals surface area contributed by atoms with Crippen LogP contribution < -0.4 is 5.32 Å². The second kappa shape index (κ2) is 58.6. The van der Waals surface area contributed by atoms with Crippen molar-refractivity contribution in [1.29, 1.82) is 0 Å². The van der Waals surface area contributed by atoms with Gasteiger partial charge < -0.3 is 20.3 Å². The first kappa shape index (κ1) is 67.1. The summed E-state index contributed by atoms with van der Waals surface area (Å²) in [5.74, 6) is -0.0380. The zero-order valence-corrected chi connectivity index (χ0v) is 46.3. The molecule has 0 radical (unpaired) electrons. The zero-order chi connectivity index (χ0) is 50.0. The van der Waals surface area contributed by atoms with Crippen LogP contribution in [0.2, 0.25) is 0 Å². The fourth-order valence-corrected chi connectivity index (χ4v) is 9.43. The molecule has 0 aromatic heterocycles. The molecule has 2 atom stereocenters. The predicted molar refractivity (Wildman–Crippen MR) is 301 cm³/mol. The van der Waals surface area contributed by atoms with Crippen molar-refractivity contribution in [2.45, 2.75) is 341 Å². The highest BCUT2D eigenvalue weighted by molar-refractivity contribution is 5.76. The van der Waals surface area contributed by atoms with Gasteiger partial charge in [0.1, 0.15) is 0 Å². The molecule has 6 nitrogen and oxygen atoms in total. The van der Waals surface area contributed by atoms with Crippen LogP contribution >= 0.6 is 0 Å². The van der Waals surface area contributed by atoms with Gasteiger partial charge in [-0.2, -0.15) is 0 Å². The van der Waals surface area contributed by atoms with E-state index in [2.05, 4.69) is 55.6 Å². The van der Waals surface area contributed by atoms with Crippen LogP contribution in [0.3, 0.4) is 0 Å². The minimum atomic E-state index is -0.667. The molecule has 0 aliphatic heterocycles. The van der Waals surface area contributed by atoms with Crippen LogP contribution in [-0.2, 0) is 14.3 Å². The van der Waals surface area contributed by atoms with Gasteiger partial charge in [0, 0.05) is 12.8 Å². The van der Waals surface area contributed by atoms with E-state index in [1.165, 1.54) is 244 Å². The van der Waals surface area contributed by atoms with Crippen LogP contribution in [0.15, 0.2) is 36.5 Å². The predicted octanol–water partition coefficient (Wildman–Crippen LogP) is 19.2. The molecule has 6 heteroatoms. The number of nitrogens with one attached hydrogen (secondary N) is 1. The first-order chi connectivity index (χ1) is 34.0. The van der Waals surface area contributed by atoms with Crippen molar-refractivity contribution in [2.75, 3.05) is 13.2 Å². The van der Waals surface area contributed by atoms with Gasteiger partial charge >= 0.3 is 5.97 Å². The van der Waals surface area contributed by atoms with E-state index in [0.717, 1.165) is 51.4 Å². The average Bonchev–Trinajstić information content (AvgIpc) is 3.35. The number of aliphatic hydroxyl groups excluding tert-OH is 2. The highest BCUT2D eigenvalue weighted by atomic mass is 16.5. The standard InChI is InChI=1S/C63H119NO5/c1-3-5-7-9-11-13-15-16-17-18-27-30-33-37-41-45-49-53-57-63(68)69-58-54-50-46-42-38-34-31-28-25-23-21-19-20-22-24-26-29-32-36-40-44-48-52-56-62(67)64-60(59-65)61(66)55-51-47-43-39-35-14-12-10-8-6-4-2/h13,15,17-18,22,24,60-61,65-66H,3-12,14,16,19-21,23,25-59H2,1-2H3,(H,64,67)/b15-13-,18-17-,24-22-. The van der Waals surface area contributed by atoms with Crippen molar-refractivity contribution >= 4 is 11.9 Å². The Kier molecular flexibility index (Phi) is 57.0. The summed E-state index contributed by atoms with van der Waals surface area (Å²) in [7, 11) is 0. The summed E-state index contributed by atoms with van der Waals surface area (Å²) in [6.45, 7) is 4.93. The van der Waals surface area contributed by atoms with Gasteiger partial charge in [-0.25, -0.2) is 0 Å². The minimum absolute atomic E-state index is 0.00410. The topological polar surface area (TPSA) is 95.9 Å². The van der Waals surface area contributed by atoms with Gasteiger partial charge in [-0.05, 0) is 83.5 Å². The highest BCUT2D eigenvalue weighted by Crippen LogP contribution is 2.17. The van der Waals surface area contributed by atoms with Crippen molar-refractivity contribution in [3.63, 3.8) is 0 Å². The first-order valence-electron chi connectivity index (χ1n) is 30.7. The number of ether oxygens (including phenoxy) is 1. The molecule has 0 saturated heterocycles. The Hall–Kier alpha value is -1.92. The van der Waals surface area contributed by atoms with Gasteiger partial charge in [0.15, 0.2) is 0 Å². The number of esters is 1. The van der Waals surface area contributed by atoms with Gasteiger partial charge in [-0.3, -0.25) is 9.59 Å². The van der Waals surface area contributed by atoms with Crippen molar-refractivity contribution in [1.82, 2.24) is 5.32 Å². The molecule has 0 aromatic carbocycles. The molecule has 0 bridgehead atoms. The molecule has 0 rings (SSSR count). The fraction of sp³-hybridized carbons (Fsp3) is 0.873. The van der Waals surface area contributed by atoms with Crippen LogP contribution in [0.5, 0.6) is 0 Å². The van der Waals surface area contributed by atoms with Crippen molar-refractivity contribution in [3.05, 3.63) is 36.5 Å². The summed E-state index contributed by atoms with van der Waals surface area (Å²) >= 11 is 0. The zero-order valence-electron chi connectivity index (χ0n) is 46.3. The third kappa shape index (κ3) is 55.2. The van der Waals surface area contributed by atoms with Crippen LogP contribution in [0.4, 0.5) is 0 Å². The molecule has 0 saturated carbocycles. The van der Waals surface area contributed by atoms with Gasteiger partial charge in [0.25, 0.3) is 0 Å². The van der Waals surface area contributed by atoms with E-state index in [-0.39, 0.29) is 18.5 Å². The normalized spacial score (nSPS) is 12.8. The van der Waals surface area contributed by atoms with E-state index in [4.69, 9.17) is 4.74 Å². The molecular formula is C63H119NO5. The Labute approximate surface area is 430 Å². The van der Waals surface area contributed by atoms with Gasteiger partial charge in [-0.15, -0.1) is 0 Å². The van der Waals surface area contributed by atoms with Crippen molar-refractivity contribution in [3.8, 4) is 0 Å². The Morgan fingerprint density at radius 3 is 1.13 bits per heavy atom. The number of rotatable bonds is 57. The van der Waals surface area contributed by atoms with Gasteiger partial charge in [-0.1, -0.05) is 269 Å². The Morgan fingerprint density at radius 2 is 0.725 bits per heavy atom. The summed E-state index contributed by atoms with van der Waals surface area (Å²) < 4.78 is 5.49.